The third-order valence-corrected chi connectivity index (χ3v) is 5.46. The third-order valence-electron chi connectivity index (χ3n) is 5.46. The maximum atomic E-state index is 12.5. The third kappa shape index (κ3) is 29.0. The summed E-state index contributed by atoms with van der Waals surface area (Å²) in [5.74, 6) is -0.911. The maximum absolute atomic E-state index is 12.5. The Bertz CT molecular complexity index is 656. The van der Waals surface area contributed by atoms with Gasteiger partial charge in [-0.15, -0.1) is 0 Å². The van der Waals surface area contributed by atoms with E-state index in [1.807, 2.05) is 0 Å². The predicted molar refractivity (Wildman–Crippen MR) is 153 cm³/mol. The van der Waals surface area contributed by atoms with Crippen LogP contribution in [-0.2, 0) is 52.4 Å². The highest BCUT2D eigenvalue weighted by Crippen LogP contribution is 2.02. The van der Waals surface area contributed by atoms with E-state index < -0.39 is 6.04 Å². The average molecular weight is 606 g/mol. The molecule has 0 saturated heterocycles. The van der Waals surface area contributed by atoms with Gasteiger partial charge >= 0.3 is 0 Å². The van der Waals surface area contributed by atoms with Crippen LogP contribution in [0.3, 0.4) is 0 Å². The van der Waals surface area contributed by atoms with Crippen LogP contribution >= 0.6 is 0 Å². The number of nitrogens with one attached hydrogen (secondary N) is 3. The lowest BCUT2D eigenvalue weighted by Crippen LogP contribution is -2.43. The Hall–Kier alpha value is -2.49. The van der Waals surface area contributed by atoms with Crippen LogP contribution in [0.15, 0.2) is 0 Å². The first-order chi connectivity index (χ1) is 20.5. The second-order valence-corrected chi connectivity index (χ2v) is 9.15. The van der Waals surface area contributed by atoms with Gasteiger partial charge in [0.1, 0.15) is 12.6 Å². The van der Waals surface area contributed by atoms with E-state index in [2.05, 4.69) is 16.0 Å². The molecule has 0 unspecified atom stereocenters. The molecule has 14 heteroatoms. The summed E-state index contributed by atoms with van der Waals surface area (Å²) in [4.78, 5) is 57.9. The lowest BCUT2D eigenvalue weighted by Gasteiger charge is -2.18. The van der Waals surface area contributed by atoms with Crippen molar-refractivity contribution in [2.24, 2.45) is 0 Å². The topological polar surface area (TPSA) is 177 Å². The van der Waals surface area contributed by atoms with Crippen molar-refractivity contribution in [3.05, 3.63) is 0 Å². The van der Waals surface area contributed by atoms with Gasteiger partial charge in [-0.25, -0.2) is 0 Å². The van der Waals surface area contributed by atoms with Gasteiger partial charge in [0.25, 0.3) is 0 Å². The summed E-state index contributed by atoms with van der Waals surface area (Å²) in [6.07, 6.45) is 4.54. The molecule has 0 rings (SSSR count). The van der Waals surface area contributed by atoms with Gasteiger partial charge in [0.2, 0.25) is 17.7 Å². The first-order valence-corrected chi connectivity index (χ1v) is 14.6. The van der Waals surface area contributed by atoms with Crippen molar-refractivity contribution in [2.75, 3.05) is 92.9 Å². The number of carbonyl (C=O) groups excluding carboxylic acids is 5. The minimum atomic E-state index is -0.687. The van der Waals surface area contributed by atoms with Gasteiger partial charge in [0, 0.05) is 78.2 Å². The van der Waals surface area contributed by atoms with Crippen LogP contribution in [0, 0.1) is 0 Å². The first kappa shape index (κ1) is 39.5. The Morgan fingerprint density at radius 2 is 1.00 bits per heavy atom. The molecule has 0 saturated carbocycles. The lowest BCUT2D eigenvalue weighted by atomic mass is 10.1. The van der Waals surface area contributed by atoms with E-state index in [-0.39, 0.29) is 63.3 Å². The largest absolute Gasteiger partial charge is 0.382 e. The number of aldehydes is 2. The van der Waals surface area contributed by atoms with E-state index in [4.69, 9.17) is 28.4 Å². The number of rotatable bonds is 32. The van der Waals surface area contributed by atoms with Crippen LogP contribution in [0.1, 0.15) is 51.4 Å². The zero-order valence-electron chi connectivity index (χ0n) is 25.1. The van der Waals surface area contributed by atoms with Crippen molar-refractivity contribution < 1.29 is 52.4 Å². The van der Waals surface area contributed by atoms with E-state index in [0.29, 0.717) is 91.6 Å². The number of hydrogen-bond acceptors (Lipinski definition) is 11. The highest BCUT2D eigenvalue weighted by Gasteiger charge is 2.19. The highest BCUT2D eigenvalue weighted by atomic mass is 16.5. The van der Waals surface area contributed by atoms with Gasteiger partial charge in [0.15, 0.2) is 0 Å². The second kappa shape index (κ2) is 31.4. The predicted octanol–water partition coefficient (Wildman–Crippen LogP) is -0.0484. The molecule has 0 spiro atoms. The van der Waals surface area contributed by atoms with Crippen LogP contribution in [0.2, 0.25) is 0 Å². The smallest absolute Gasteiger partial charge is 0.222 e. The van der Waals surface area contributed by atoms with Crippen LogP contribution in [0.4, 0.5) is 0 Å². The van der Waals surface area contributed by atoms with E-state index in [9.17, 15) is 24.0 Å². The molecule has 0 aliphatic carbocycles. The quantitative estimate of drug-likeness (QED) is 0.0692. The van der Waals surface area contributed by atoms with Gasteiger partial charge in [-0.1, -0.05) is 0 Å². The summed E-state index contributed by atoms with van der Waals surface area (Å²) < 4.78 is 31.7. The molecule has 0 radical (unpaired) electrons. The van der Waals surface area contributed by atoms with Crippen molar-refractivity contribution in [1.29, 1.82) is 0 Å². The van der Waals surface area contributed by atoms with Crippen molar-refractivity contribution in [1.82, 2.24) is 16.0 Å². The van der Waals surface area contributed by atoms with Crippen molar-refractivity contribution in [2.45, 2.75) is 57.4 Å². The van der Waals surface area contributed by atoms with E-state index in [1.165, 1.54) is 0 Å². The normalized spacial score (nSPS) is 10.9. The fraction of sp³-hybridized carbons (Fsp3) is 0.821. The monoisotopic (exact) mass is 605 g/mol. The molecule has 0 atom stereocenters. The SMILES string of the molecule is COCCOCCCC(=O)NC(CC(=O)NCCOCCOCCCC=O)CC(=O)NCCOCCOCCCC=O. The second-order valence-electron chi connectivity index (χ2n) is 9.15. The minimum absolute atomic E-state index is 0.0682. The van der Waals surface area contributed by atoms with Gasteiger partial charge in [-0.05, 0) is 19.3 Å². The Balaban J connectivity index is 4.35. The minimum Gasteiger partial charge on any atom is -0.382 e. The van der Waals surface area contributed by atoms with Crippen molar-refractivity contribution in [3.8, 4) is 0 Å². The number of carbonyl (C=O) groups is 5. The molecule has 0 bridgehead atoms. The van der Waals surface area contributed by atoms with E-state index in [1.54, 1.807) is 7.11 Å². The maximum Gasteiger partial charge on any atom is 0.222 e. The fourth-order valence-electron chi connectivity index (χ4n) is 3.35. The molecule has 0 aromatic rings. The molecule has 244 valence electrons. The van der Waals surface area contributed by atoms with E-state index >= 15 is 0 Å². The molecule has 0 aromatic heterocycles. The summed E-state index contributed by atoms with van der Waals surface area (Å²) in [6.45, 7) is 4.94. The molecule has 0 fully saturated rings. The molecular formula is C28H51N3O11. The van der Waals surface area contributed by atoms with Gasteiger partial charge in [0.05, 0.1) is 52.9 Å². The van der Waals surface area contributed by atoms with Gasteiger partial charge < -0.3 is 54.0 Å². The fourth-order valence-corrected chi connectivity index (χ4v) is 3.35. The summed E-state index contributed by atoms with van der Waals surface area (Å²) >= 11 is 0. The standard InChI is InChI=1S/C28H51N3O11/c1-37-17-18-40-14-6-7-26(34)31-25(23-27(35)29-8-15-41-21-19-38-12-4-2-10-32)24-28(36)30-9-16-42-22-20-39-13-5-3-11-33/h10-11,25H,2-9,12-24H2,1H3,(H,29,35)(H,30,36)(H,31,34). The molecule has 3 N–H and O–H groups in total. The average Bonchev–Trinajstić information content (AvgIpc) is 2.96. The Kier molecular flexibility index (Phi) is 29.6. The van der Waals surface area contributed by atoms with Crippen LogP contribution in [0.5, 0.6) is 0 Å². The molecule has 3 amide bonds. The van der Waals surface area contributed by atoms with Crippen molar-refractivity contribution >= 4 is 30.3 Å². The van der Waals surface area contributed by atoms with Gasteiger partial charge in [-0.3, -0.25) is 14.4 Å². The Morgan fingerprint density at radius 1 is 0.571 bits per heavy atom. The molecule has 0 aliphatic heterocycles. The molecule has 0 aliphatic rings. The van der Waals surface area contributed by atoms with Crippen LogP contribution in [-0.4, -0.2) is 129 Å². The highest BCUT2D eigenvalue weighted by molar-refractivity contribution is 5.83. The van der Waals surface area contributed by atoms with Crippen molar-refractivity contribution in [3.63, 3.8) is 0 Å². The first-order valence-electron chi connectivity index (χ1n) is 14.6. The van der Waals surface area contributed by atoms with Crippen LogP contribution < -0.4 is 16.0 Å². The van der Waals surface area contributed by atoms with Gasteiger partial charge in [-0.2, -0.15) is 0 Å². The zero-order chi connectivity index (χ0) is 30.9. The molecule has 0 heterocycles. The Labute approximate surface area is 249 Å². The van der Waals surface area contributed by atoms with E-state index in [0.717, 1.165) is 12.6 Å². The lowest BCUT2D eigenvalue weighted by molar-refractivity contribution is -0.125. The summed E-state index contributed by atoms with van der Waals surface area (Å²) in [5.41, 5.74) is 0. The number of methoxy groups -OCH3 is 1. The summed E-state index contributed by atoms with van der Waals surface area (Å²) in [5, 5.41) is 8.24. The number of ether oxygens (including phenoxy) is 6. The molecular weight excluding hydrogens is 554 g/mol. The number of unbranched alkanes of at least 4 members (excludes halogenated alkanes) is 2. The van der Waals surface area contributed by atoms with Crippen LogP contribution in [0.25, 0.3) is 0 Å². The number of hydrogen-bond donors (Lipinski definition) is 3. The zero-order valence-corrected chi connectivity index (χ0v) is 25.1. The summed E-state index contributed by atoms with van der Waals surface area (Å²) in [7, 11) is 1.58. The molecule has 0 aromatic carbocycles. The molecule has 42 heavy (non-hydrogen) atoms. The Morgan fingerprint density at radius 3 is 1.45 bits per heavy atom. The summed E-state index contributed by atoms with van der Waals surface area (Å²) in [6, 6.07) is -0.687. The number of amides is 3. The molecule has 14 nitrogen and oxygen atoms in total.